The number of rotatable bonds is 7. The van der Waals surface area contributed by atoms with Gasteiger partial charge < -0.3 is 16.1 Å². The van der Waals surface area contributed by atoms with Crippen LogP contribution in [0.3, 0.4) is 0 Å². The fraction of sp³-hybridized carbons (Fsp3) is 0.370. The summed E-state index contributed by atoms with van der Waals surface area (Å²) >= 11 is 6.67. The van der Waals surface area contributed by atoms with Crippen LogP contribution in [0.15, 0.2) is 42.1 Å². The molecule has 4 N–H and O–H groups in total. The third-order valence-corrected chi connectivity index (χ3v) is 6.79. The summed E-state index contributed by atoms with van der Waals surface area (Å²) in [7, 11) is 0. The van der Waals surface area contributed by atoms with Crippen molar-refractivity contribution in [3.8, 4) is 6.07 Å². The number of nitrogens with one attached hydrogen (secondary N) is 4. The summed E-state index contributed by atoms with van der Waals surface area (Å²) in [5.74, 6) is -1.06. The Morgan fingerprint density at radius 2 is 2.03 bits per heavy atom. The molecule has 0 bridgehead atoms. The molecule has 8 nitrogen and oxygen atoms in total. The molecule has 38 heavy (non-hydrogen) atoms. The molecule has 1 atom stereocenters. The molecule has 2 aromatic heterocycles. The Hall–Kier alpha value is -3.68. The van der Waals surface area contributed by atoms with Gasteiger partial charge in [-0.2, -0.15) is 14.0 Å². The summed E-state index contributed by atoms with van der Waals surface area (Å²) in [5.41, 5.74) is 9.19. The van der Waals surface area contributed by atoms with Gasteiger partial charge in [-0.1, -0.05) is 38.4 Å². The number of hydrazine groups is 2. The lowest BCUT2D eigenvalue weighted by Crippen LogP contribution is -2.39. The molecule has 5 rings (SSSR count). The standard InChI is InChI=1S/C27H29ClF2N8/c1-14-18(7-8-21(29)34-14)24(25-26(30)38(37-36-25)17-5-6-17)35-16-9-19-22(33-13-27(2,3)4)15(11-31)12-32-23(19)20(28)10-16/h7-10,12,17,24,35-37H,5-6,13H2,1-4H3,(H,32,33)/t24-/m0/s1. The average Bonchev–Trinajstić information content (AvgIpc) is 3.62. The van der Waals surface area contributed by atoms with Crippen molar-refractivity contribution >= 4 is 33.9 Å². The van der Waals surface area contributed by atoms with Crippen LogP contribution in [0, 0.1) is 29.6 Å². The van der Waals surface area contributed by atoms with Crippen LogP contribution in [0.5, 0.6) is 0 Å². The van der Waals surface area contributed by atoms with E-state index >= 15 is 4.39 Å². The van der Waals surface area contributed by atoms with Gasteiger partial charge in [-0.25, -0.2) is 4.98 Å². The maximum atomic E-state index is 15.6. The minimum atomic E-state index is -0.744. The van der Waals surface area contributed by atoms with Crippen LogP contribution in [0.1, 0.15) is 56.5 Å². The number of halogens is 3. The van der Waals surface area contributed by atoms with Crippen LogP contribution in [0.4, 0.5) is 20.2 Å². The van der Waals surface area contributed by atoms with Crippen LogP contribution in [0.2, 0.25) is 5.02 Å². The normalized spacial score (nSPS) is 16.4. The largest absolute Gasteiger partial charge is 0.383 e. The molecule has 2 aliphatic rings. The van der Waals surface area contributed by atoms with E-state index in [1.165, 1.54) is 17.3 Å². The van der Waals surface area contributed by atoms with Crippen LogP contribution in [0.25, 0.3) is 10.9 Å². The molecule has 0 saturated heterocycles. The molecule has 1 saturated carbocycles. The topological polar surface area (TPSA) is 101 Å². The summed E-state index contributed by atoms with van der Waals surface area (Å²) in [6.07, 6.45) is 3.29. The number of anilines is 2. The van der Waals surface area contributed by atoms with E-state index in [1.54, 1.807) is 19.1 Å². The van der Waals surface area contributed by atoms with Gasteiger partial charge >= 0.3 is 0 Å². The molecule has 0 spiro atoms. The van der Waals surface area contributed by atoms with Gasteiger partial charge in [0.05, 0.1) is 27.8 Å². The molecule has 0 amide bonds. The van der Waals surface area contributed by atoms with Crippen LogP contribution < -0.4 is 21.6 Å². The molecule has 1 aliphatic carbocycles. The predicted octanol–water partition coefficient (Wildman–Crippen LogP) is 5.84. The first-order chi connectivity index (χ1) is 18.1. The highest BCUT2D eigenvalue weighted by atomic mass is 35.5. The monoisotopic (exact) mass is 538 g/mol. The van der Waals surface area contributed by atoms with Crippen molar-refractivity contribution in [1.29, 1.82) is 5.26 Å². The van der Waals surface area contributed by atoms with Gasteiger partial charge in [0.1, 0.15) is 11.8 Å². The van der Waals surface area contributed by atoms with Gasteiger partial charge in [-0.15, -0.1) is 5.53 Å². The number of benzene rings is 1. The number of hydrogen-bond donors (Lipinski definition) is 4. The summed E-state index contributed by atoms with van der Waals surface area (Å²) in [6.45, 7) is 8.57. The van der Waals surface area contributed by atoms with Crippen molar-refractivity contribution in [2.45, 2.75) is 52.6 Å². The Morgan fingerprint density at radius 1 is 1.26 bits per heavy atom. The lowest BCUT2D eigenvalue weighted by Gasteiger charge is -2.24. The second kappa shape index (κ2) is 9.89. The zero-order chi connectivity index (χ0) is 27.2. The highest BCUT2D eigenvalue weighted by Crippen LogP contribution is 2.39. The number of nitriles is 1. The van der Waals surface area contributed by atoms with Gasteiger partial charge in [-0.3, -0.25) is 9.99 Å². The fourth-order valence-electron chi connectivity index (χ4n) is 4.42. The van der Waals surface area contributed by atoms with Crippen molar-refractivity contribution in [2.75, 3.05) is 17.2 Å². The van der Waals surface area contributed by atoms with Gasteiger partial charge in [0.15, 0.2) is 0 Å². The highest BCUT2D eigenvalue weighted by molar-refractivity contribution is 6.35. The third kappa shape index (κ3) is 5.17. The van der Waals surface area contributed by atoms with Crippen molar-refractivity contribution in [3.63, 3.8) is 0 Å². The number of fused-ring (bicyclic) bond motifs is 1. The van der Waals surface area contributed by atoms with E-state index in [0.717, 1.165) is 12.8 Å². The molecule has 0 unspecified atom stereocenters. The second-order valence-corrected chi connectivity index (χ2v) is 11.3. The molecule has 3 aromatic rings. The van der Waals surface area contributed by atoms with Crippen molar-refractivity contribution < 1.29 is 8.78 Å². The number of nitrogens with zero attached hydrogens (tertiary/aromatic N) is 4. The van der Waals surface area contributed by atoms with Gasteiger partial charge in [-0.05, 0) is 43.4 Å². The molecular formula is C27H29ClF2N8. The average molecular weight is 539 g/mol. The summed E-state index contributed by atoms with van der Waals surface area (Å²) < 4.78 is 29.4. The van der Waals surface area contributed by atoms with Crippen LogP contribution in [-0.4, -0.2) is 27.6 Å². The van der Waals surface area contributed by atoms with E-state index in [4.69, 9.17) is 11.6 Å². The molecule has 0 radical (unpaired) electrons. The van der Waals surface area contributed by atoms with Crippen LogP contribution in [-0.2, 0) is 0 Å². The maximum absolute atomic E-state index is 15.6. The Balaban J connectivity index is 1.60. The highest BCUT2D eigenvalue weighted by Gasteiger charge is 2.39. The van der Waals surface area contributed by atoms with Gasteiger partial charge in [0.2, 0.25) is 11.9 Å². The predicted molar refractivity (Wildman–Crippen MR) is 144 cm³/mol. The quantitative estimate of drug-likeness (QED) is 0.220. The van der Waals surface area contributed by atoms with E-state index < -0.39 is 17.9 Å². The SMILES string of the molecule is Cc1nc(F)ccc1[C@H](Nc1cc(Cl)c2ncc(C#N)c(NCC(C)(C)C)c2c1)C1=C(F)N(C2CC2)NN1. The molecule has 1 aromatic carbocycles. The van der Waals surface area contributed by atoms with Gasteiger partial charge in [0, 0.05) is 41.1 Å². The smallest absolute Gasteiger partial charge is 0.228 e. The Kier molecular flexibility index (Phi) is 6.75. The first kappa shape index (κ1) is 25.9. The summed E-state index contributed by atoms with van der Waals surface area (Å²) in [5, 5.41) is 19.0. The zero-order valence-electron chi connectivity index (χ0n) is 21.6. The number of aryl methyl sites for hydroxylation is 1. The third-order valence-electron chi connectivity index (χ3n) is 6.50. The number of pyridine rings is 2. The minimum Gasteiger partial charge on any atom is -0.383 e. The Morgan fingerprint density at radius 3 is 2.68 bits per heavy atom. The van der Waals surface area contributed by atoms with Crippen molar-refractivity contribution in [1.82, 2.24) is 25.9 Å². The summed E-state index contributed by atoms with van der Waals surface area (Å²) in [6, 6.07) is 7.91. The Bertz CT molecular complexity index is 1470. The zero-order valence-corrected chi connectivity index (χ0v) is 22.3. The van der Waals surface area contributed by atoms with E-state index in [-0.39, 0.29) is 17.2 Å². The van der Waals surface area contributed by atoms with Gasteiger partial charge in [0.25, 0.3) is 0 Å². The Labute approximate surface area is 225 Å². The molecule has 11 heteroatoms. The van der Waals surface area contributed by atoms with Crippen molar-refractivity contribution in [3.05, 3.63) is 69.9 Å². The molecule has 198 valence electrons. The van der Waals surface area contributed by atoms with Crippen LogP contribution >= 0.6 is 11.6 Å². The molecule has 1 aliphatic heterocycles. The fourth-order valence-corrected chi connectivity index (χ4v) is 4.68. The number of aromatic nitrogens is 2. The molecule has 1 fully saturated rings. The van der Waals surface area contributed by atoms with E-state index in [9.17, 15) is 9.65 Å². The van der Waals surface area contributed by atoms with E-state index in [2.05, 4.69) is 58.4 Å². The minimum absolute atomic E-state index is 0.0429. The van der Waals surface area contributed by atoms with Crippen molar-refractivity contribution in [2.24, 2.45) is 5.41 Å². The molecular weight excluding hydrogens is 510 g/mol. The first-order valence-corrected chi connectivity index (χ1v) is 12.8. The summed E-state index contributed by atoms with van der Waals surface area (Å²) in [4.78, 5) is 8.37. The van der Waals surface area contributed by atoms with E-state index in [1.807, 2.05) is 6.07 Å². The van der Waals surface area contributed by atoms with E-state index in [0.29, 0.717) is 50.7 Å². The lowest BCUT2D eigenvalue weighted by molar-refractivity contribution is 0.195. The second-order valence-electron chi connectivity index (χ2n) is 10.9. The first-order valence-electron chi connectivity index (χ1n) is 12.4. The lowest BCUT2D eigenvalue weighted by atomic mass is 9.96. The maximum Gasteiger partial charge on any atom is 0.228 e. The molecule has 3 heterocycles. The number of hydrogen-bond acceptors (Lipinski definition) is 8.